The van der Waals surface area contributed by atoms with Crippen molar-refractivity contribution in [3.8, 4) is 0 Å². The molecule has 0 aliphatic carbocycles. The highest BCUT2D eigenvalue weighted by Crippen LogP contribution is 2.21. The van der Waals surface area contributed by atoms with E-state index in [1.165, 1.54) is 18.2 Å². The maximum atomic E-state index is 13.1. The zero-order valence-corrected chi connectivity index (χ0v) is 13.8. The molecule has 0 spiro atoms. The first-order valence-corrected chi connectivity index (χ1v) is 7.93. The van der Waals surface area contributed by atoms with Crippen LogP contribution in [0.2, 0.25) is 5.02 Å². The summed E-state index contributed by atoms with van der Waals surface area (Å²) in [6.07, 6.45) is 0. The van der Waals surface area contributed by atoms with E-state index < -0.39 is 11.8 Å². The molecule has 0 aromatic heterocycles. The lowest BCUT2D eigenvalue weighted by atomic mass is 10.2. The molecular weight excluding hydrogens is 341 g/mol. The molecule has 0 unspecified atom stereocenters. The molecule has 4 nitrogen and oxygen atoms in total. The number of urea groups is 1. The van der Waals surface area contributed by atoms with Gasteiger partial charge in [0.2, 0.25) is 0 Å². The Morgan fingerprint density at radius 2 is 1.32 bits per heavy atom. The number of benzene rings is 3. The highest BCUT2D eigenvalue weighted by molar-refractivity contribution is 6.31. The number of carbonyl (C=O) groups is 1. The fourth-order valence-electron chi connectivity index (χ4n) is 2.19. The summed E-state index contributed by atoms with van der Waals surface area (Å²) in [5.41, 5.74) is 2.92. The van der Waals surface area contributed by atoms with Crippen LogP contribution in [0.4, 0.5) is 31.9 Å². The smallest absolute Gasteiger partial charge is 0.323 e. The van der Waals surface area contributed by atoms with Crippen LogP contribution in [-0.4, -0.2) is 6.03 Å². The third-order valence-corrected chi connectivity index (χ3v) is 3.67. The summed E-state index contributed by atoms with van der Waals surface area (Å²) in [7, 11) is 0. The molecule has 3 aromatic rings. The minimum absolute atomic E-state index is 0.0471. The predicted molar refractivity (Wildman–Crippen MR) is 100 cm³/mol. The lowest BCUT2D eigenvalue weighted by molar-refractivity contribution is 0.262. The van der Waals surface area contributed by atoms with E-state index in [-0.39, 0.29) is 5.02 Å². The summed E-state index contributed by atoms with van der Waals surface area (Å²) >= 11 is 5.69. The normalized spacial score (nSPS) is 10.2. The van der Waals surface area contributed by atoms with Crippen molar-refractivity contribution in [3.05, 3.63) is 83.6 Å². The average Bonchev–Trinajstić information content (AvgIpc) is 2.61. The Kier molecular flexibility index (Phi) is 5.16. The van der Waals surface area contributed by atoms with Crippen LogP contribution < -0.4 is 16.0 Å². The molecule has 0 atom stereocenters. The lowest BCUT2D eigenvalue weighted by Gasteiger charge is -2.10. The van der Waals surface area contributed by atoms with Crippen LogP contribution in [0, 0.1) is 5.82 Å². The van der Waals surface area contributed by atoms with E-state index in [1.54, 1.807) is 12.1 Å². The van der Waals surface area contributed by atoms with E-state index in [4.69, 9.17) is 11.6 Å². The number of halogens is 2. The molecule has 2 amide bonds. The van der Waals surface area contributed by atoms with Crippen LogP contribution in [0.3, 0.4) is 0 Å². The molecule has 0 bridgehead atoms. The number of hydrogen-bond acceptors (Lipinski definition) is 2. The quantitative estimate of drug-likeness (QED) is 0.548. The highest BCUT2D eigenvalue weighted by Gasteiger charge is 2.05. The molecule has 0 fully saturated rings. The molecule has 6 heteroatoms. The number of carbonyl (C=O) groups excluding carboxylic acids is 1. The Hall–Kier alpha value is -3.05. The van der Waals surface area contributed by atoms with Crippen LogP contribution in [0.5, 0.6) is 0 Å². The van der Waals surface area contributed by atoms with E-state index in [0.29, 0.717) is 11.4 Å². The SMILES string of the molecule is O=C(Nc1ccc(Nc2ccccc2)cc1)Nc1ccc(F)c(Cl)c1. The number of anilines is 4. The second-order valence-corrected chi connectivity index (χ2v) is 5.68. The van der Waals surface area contributed by atoms with Crippen LogP contribution >= 0.6 is 11.6 Å². The first kappa shape index (κ1) is 16.8. The number of rotatable bonds is 4. The second kappa shape index (κ2) is 7.68. The van der Waals surface area contributed by atoms with Gasteiger partial charge < -0.3 is 16.0 Å². The van der Waals surface area contributed by atoms with Gasteiger partial charge in [-0.2, -0.15) is 0 Å². The Balaban J connectivity index is 1.59. The number of hydrogen-bond donors (Lipinski definition) is 3. The van der Waals surface area contributed by atoms with Crippen molar-refractivity contribution in [1.82, 2.24) is 0 Å². The molecule has 3 aromatic carbocycles. The maximum Gasteiger partial charge on any atom is 0.323 e. The van der Waals surface area contributed by atoms with Crippen molar-refractivity contribution in [2.24, 2.45) is 0 Å². The molecule has 0 heterocycles. The Morgan fingerprint density at radius 3 is 2.00 bits per heavy atom. The molecule has 0 aliphatic heterocycles. The zero-order chi connectivity index (χ0) is 17.6. The maximum absolute atomic E-state index is 13.1. The standard InChI is InChI=1S/C19H15ClFN3O/c20-17-12-16(10-11-18(17)21)24-19(25)23-15-8-6-14(7-9-15)22-13-4-2-1-3-5-13/h1-12,22H,(H2,23,24,25). The summed E-state index contributed by atoms with van der Waals surface area (Å²) in [6, 6.07) is 20.6. The van der Waals surface area contributed by atoms with Gasteiger partial charge in [0, 0.05) is 22.7 Å². The van der Waals surface area contributed by atoms with Crippen LogP contribution in [0.25, 0.3) is 0 Å². The van der Waals surface area contributed by atoms with Crippen molar-refractivity contribution >= 4 is 40.4 Å². The third-order valence-electron chi connectivity index (χ3n) is 3.38. The average molecular weight is 356 g/mol. The van der Waals surface area contributed by atoms with Gasteiger partial charge in [0.25, 0.3) is 0 Å². The van der Waals surface area contributed by atoms with Crippen LogP contribution in [0.15, 0.2) is 72.8 Å². The largest absolute Gasteiger partial charge is 0.356 e. The molecule has 3 N–H and O–H groups in total. The van der Waals surface area contributed by atoms with Gasteiger partial charge in [0.05, 0.1) is 5.02 Å². The summed E-state index contributed by atoms with van der Waals surface area (Å²) < 4.78 is 13.1. The Labute approximate surface area is 149 Å². The zero-order valence-electron chi connectivity index (χ0n) is 13.1. The van der Waals surface area contributed by atoms with E-state index >= 15 is 0 Å². The fourth-order valence-corrected chi connectivity index (χ4v) is 2.37. The van der Waals surface area contributed by atoms with Crippen molar-refractivity contribution in [1.29, 1.82) is 0 Å². The van der Waals surface area contributed by atoms with Crippen LogP contribution in [0.1, 0.15) is 0 Å². The molecule has 0 radical (unpaired) electrons. The molecule has 0 saturated carbocycles. The Morgan fingerprint density at radius 1 is 0.760 bits per heavy atom. The van der Waals surface area contributed by atoms with Gasteiger partial charge in [-0.25, -0.2) is 9.18 Å². The van der Waals surface area contributed by atoms with Gasteiger partial charge in [-0.3, -0.25) is 0 Å². The predicted octanol–water partition coefficient (Wildman–Crippen LogP) is 5.87. The van der Waals surface area contributed by atoms with Gasteiger partial charge in [-0.05, 0) is 54.6 Å². The first-order chi connectivity index (χ1) is 12.1. The number of nitrogens with one attached hydrogen (secondary N) is 3. The summed E-state index contributed by atoms with van der Waals surface area (Å²) in [4.78, 5) is 12.0. The van der Waals surface area contributed by atoms with Gasteiger partial charge in [-0.1, -0.05) is 29.8 Å². The first-order valence-electron chi connectivity index (χ1n) is 7.55. The van der Waals surface area contributed by atoms with E-state index in [2.05, 4.69) is 16.0 Å². The monoisotopic (exact) mass is 355 g/mol. The van der Waals surface area contributed by atoms with Crippen molar-refractivity contribution in [2.45, 2.75) is 0 Å². The number of para-hydroxylation sites is 1. The van der Waals surface area contributed by atoms with Gasteiger partial charge >= 0.3 is 6.03 Å². The molecule has 0 aliphatic rings. The lowest BCUT2D eigenvalue weighted by Crippen LogP contribution is -2.19. The van der Waals surface area contributed by atoms with Crippen molar-refractivity contribution in [2.75, 3.05) is 16.0 Å². The van der Waals surface area contributed by atoms with E-state index in [1.807, 2.05) is 42.5 Å². The van der Waals surface area contributed by atoms with Crippen molar-refractivity contribution < 1.29 is 9.18 Å². The Bertz CT molecular complexity index is 870. The molecule has 25 heavy (non-hydrogen) atoms. The molecule has 126 valence electrons. The minimum atomic E-state index is -0.533. The molecule has 3 rings (SSSR count). The minimum Gasteiger partial charge on any atom is -0.356 e. The summed E-state index contributed by atoms with van der Waals surface area (Å²) in [5.74, 6) is -0.533. The molecule has 0 saturated heterocycles. The van der Waals surface area contributed by atoms with Crippen LogP contribution in [-0.2, 0) is 0 Å². The molecular formula is C19H15ClFN3O. The highest BCUT2D eigenvalue weighted by atomic mass is 35.5. The van der Waals surface area contributed by atoms with Crippen molar-refractivity contribution in [3.63, 3.8) is 0 Å². The second-order valence-electron chi connectivity index (χ2n) is 5.28. The summed E-state index contributed by atoms with van der Waals surface area (Å²) in [6.45, 7) is 0. The van der Waals surface area contributed by atoms with Gasteiger partial charge in [0.15, 0.2) is 0 Å². The third kappa shape index (κ3) is 4.71. The van der Waals surface area contributed by atoms with E-state index in [0.717, 1.165) is 11.4 Å². The van der Waals surface area contributed by atoms with Gasteiger partial charge in [0.1, 0.15) is 5.82 Å². The fraction of sp³-hybridized carbons (Fsp3) is 0. The van der Waals surface area contributed by atoms with Gasteiger partial charge in [-0.15, -0.1) is 0 Å². The number of amides is 2. The van der Waals surface area contributed by atoms with E-state index in [9.17, 15) is 9.18 Å². The summed E-state index contributed by atoms with van der Waals surface area (Å²) in [5, 5.41) is 8.51. The topological polar surface area (TPSA) is 53.2 Å².